The summed E-state index contributed by atoms with van der Waals surface area (Å²) < 4.78 is 5.35. The van der Waals surface area contributed by atoms with E-state index in [4.69, 9.17) is 4.74 Å². The summed E-state index contributed by atoms with van der Waals surface area (Å²) in [6, 6.07) is 0. The second kappa shape index (κ2) is 8.97. The van der Waals surface area contributed by atoms with Gasteiger partial charge in [-0.15, -0.1) is 0 Å². The first-order valence-electron chi connectivity index (χ1n) is 6.82. The molecular formula is C13H28N2O. The molecule has 1 aliphatic rings. The fourth-order valence-electron chi connectivity index (χ4n) is 2.23. The second-order valence-electron chi connectivity index (χ2n) is 4.76. The summed E-state index contributed by atoms with van der Waals surface area (Å²) >= 11 is 0. The molecule has 0 amide bonds. The van der Waals surface area contributed by atoms with E-state index in [1.54, 1.807) is 0 Å². The van der Waals surface area contributed by atoms with Gasteiger partial charge in [-0.3, -0.25) is 4.90 Å². The molecule has 96 valence electrons. The Balaban J connectivity index is 1.84. The molecule has 1 aliphatic heterocycles. The first-order chi connectivity index (χ1) is 7.86. The summed E-state index contributed by atoms with van der Waals surface area (Å²) in [5, 5.41) is 3.52. The maximum Gasteiger partial charge on any atom is 0.0710 e. The topological polar surface area (TPSA) is 24.5 Å². The number of nitrogens with one attached hydrogen (secondary N) is 1. The van der Waals surface area contributed by atoms with Crippen molar-refractivity contribution in [3.8, 4) is 0 Å². The molecular weight excluding hydrogens is 200 g/mol. The van der Waals surface area contributed by atoms with Crippen LogP contribution in [0.4, 0.5) is 0 Å². The van der Waals surface area contributed by atoms with Crippen LogP contribution in [-0.2, 0) is 4.74 Å². The molecule has 0 spiro atoms. The molecule has 0 saturated carbocycles. The van der Waals surface area contributed by atoms with Crippen molar-refractivity contribution >= 4 is 0 Å². The van der Waals surface area contributed by atoms with Crippen LogP contribution >= 0.6 is 0 Å². The van der Waals surface area contributed by atoms with Crippen molar-refractivity contribution in [1.82, 2.24) is 10.2 Å². The highest BCUT2D eigenvalue weighted by molar-refractivity contribution is 4.75. The SMILES string of the molecule is CCCCCCNCCN1CCC(OC)C1. The molecule has 1 heterocycles. The van der Waals surface area contributed by atoms with Crippen LogP contribution in [0.15, 0.2) is 0 Å². The molecule has 0 aromatic heterocycles. The Labute approximate surface area is 101 Å². The first-order valence-corrected chi connectivity index (χ1v) is 6.82. The van der Waals surface area contributed by atoms with Crippen molar-refractivity contribution in [1.29, 1.82) is 0 Å². The summed E-state index contributed by atoms with van der Waals surface area (Å²) in [5.41, 5.74) is 0. The zero-order chi connectivity index (χ0) is 11.6. The smallest absolute Gasteiger partial charge is 0.0710 e. The van der Waals surface area contributed by atoms with Gasteiger partial charge in [-0.2, -0.15) is 0 Å². The van der Waals surface area contributed by atoms with Crippen molar-refractivity contribution in [2.45, 2.75) is 45.1 Å². The van der Waals surface area contributed by atoms with E-state index in [0.29, 0.717) is 6.10 Å². The number of ether oxygens (including phenoxy) is 1. The van der Waals surface area contributed by atoms with Crippen LogP contribution in [0, 0.1) is 0 Å². The minimum absolute atomic E-state index is 0.476. The lowest BCUT2D eigenvalue weighted by atomic mass is 10.2. The summed E-state index contributed by atoms with van der Waals surface area (Å²) in [5.74, 6) is 0. The highest BCUT2D eigenvalue weighted by Crippen LogP contribution is 2.10. The van der Waals surface area contributed by atoms with Gasteiger partial charge in [0.15, 0.2) is 0 Å². The quantitative estimate of drug-likeness (QED) is 0.610. The van der Waals surface area contributed by atoms with Gasteiger partial charge in [0, 0.05) is 33.3 Å². The van der Waals surface area contributed by atoms with Crippen molar-refractivity contribution in [3.05, 3.63) is 0 Å². The molecule has 1 atom stereocenters. The number of unbranched alkanes of at least 4 members (excludes halogenated alkanes) is 3. The summed E-state index contributed by atoms with van der Waals surface area (Å²) in [6.07, 6.45) is 7.08. The van der Waals surface area contributed by atoms with Crippen LogP contribution in [0.25, 0.3) is 0 Å². The molecule has 0 aromatic carbocycles. The minimum atomic E-state index is 0.476. The second-order valence-corrected chi connectivity index (χ2v) is 4.76. The Morgan fingerprint density at radius 2 is 2.12 bits per heavy atom. The Hall–Kier alpha value is -0.120. The zero-order valence-corrected chi connectivity index (χ0v) is 11.0. The Morgan fingerprint density at radius 3 is 2.81 bits per heavy atom. The maximum atomic E-state index is 5.35. The first kappa shape index (κ1) is 13.9. The van der Waals surface area contributed by atoms with Crippen molar-refractivity contribution in [3.63, 3.8) is 0 Å². The van der Waals surface area contributed by atoms with E-state index in [1.165, 1.54) is 51.7 Å². The summed E-state index contributed by atoms with van der Waals surface area (Å²) in [7, 11) is 1.82. The van der Waals surface area contributed by atoms with Crippen LogP contribution in [0.3, 0.4) is 0 Å². The Kier molecular flexibility index (Phi) is 7.81. The van der Waals surface area contributed by atoms with Gasteiger partial charge >= 0.3 is 0 Å². The van der Waals surface area contributed by atoms with Crippen LogP contribution < -0.4 is 5.32 Å². The van der Waals surface area contributed by atoms with E-state index in [9.17, 15) is 0 Å². The Morgan fingerprint density at radius 1 is 1.25 bits per heavy atom. The third kappa shape index (κ3) is 5.83. The minimum Gasteiger partial charge on any atom is -0.380 e. The summed E-state index contributed by atoms with van der Waals surface area (Å²) in [6.45, 7) is 8.06. The van der Waals surface area contributed by atoms with Gasteiger partial charge in [-0.05, 0) is 19.4 Å². The average Bonchev–Trinajstić information content (AvgIpc) is 2.76. The van der Waals surface area contributed by atoms with Crippen LogP contribution in [0.2, 0.25) is 0 Å². The van der Waals surface area contributed by atoms with E-state index in [1.807, 2.05) is 7.11 Å². The van der Waals surface area contributed by atoms with Crippen molar-refractivity contribution < 1.29 is 4.74 Å². The highest BCUT2D eigenvalue weighted by atomic mass is 16.5. The van der Waals surface area contributed by atoms with Gasteiger partial charge in [-0.1, -0.05) is 26.2 Å². The standard InChI is InChI=1S/C13H28N2O/c1-3-4-5-6-8-14-9-11-15-10-7-13(12-15)16-2/h13-14H,3-12H2,1-2H3. The molecule has 16 heavy (non-hydrogen) atoms. The van der Waals surface area contributed by atoms with E-state index in [-0.39, 0.29) is 0 Å². The molecule has 1 N–H and O–H groups in total. The van der Waals surface area contributed by atoms with Crippen LogP contribution in [0.5, 0.6) is 0 Å². The molecule has 0 aromatic rings. The monoisotopic (exact) mass is 228 g/mol. The largest absolute Gasteiger partial charge is 0.380 e. The van der Waals surface area contributed by atoms with Crippen LogP contribution in [-0.4, -0.2) is 50.8 Å². The number of likely N-dealkylation sites (tertiary alicyclic amines) is 1. The van der Waals surface area contributed by atoms with Gasteiger partial charge in [0.2, 0.25) is 0 Å². The Bertz CT molecular complexity index is 164. The highest BCUT2D eigenvalue weighted by Gasteiger charge is 2.20. The van der Waals surface area contributed by atoms with E-state index >= 15 is 0 Å². The lowest BCUT2D eigenvalue weighted by Crippen LogP contribution is -2.31. The number of rotatable bonds is 9. The number of methoxy groups -OCH3 is 1. The molecule has 3 nitrogen and oxygen atoms in total. The molecule has 0 bridgehead atoms. The predicted octanol–water partition coefficient (Wildman–Crippen LogP) is 1.88. The molecule has 1 unspecified atom stereocenters. The van der Waals surface area contributed by atoms with Crippen molar-refractivity contribution in [2.24, 2.45) is 0 Å². The van der Waals surface area contributed by atoms with E-state index < -0.39 is 0 Å². The zero-order valence-electron chi connectivity index (χ0n) is 11.0. The molecule has 1 saturated heterocycles. The summed E-state index contributed by atoms with van der Waals surface area (Å²) in [4.78, 5) is 2.49. The average molecular weight is 228 g/mol. The molecule has 0 radical (unpaired) electrons. The molecule has 1 fully saturated rings. The van der Waals surface area contributed by atoms with E-state index in [2.05, 4.69) is 17.1 Å². The van der Waals surface area contributed by atoms with E-state index in [0.717, 1.165) is 13.1 Å². The van der Waals surface area contributed by atoms with Crippen molar-refractivity contribution in [2.75, 3.05) is 39.8 Å². The predicted molar refractivity (Wildman–Crippen MR) is 68.9 cm³/mol. The van der Waals surface area contributed by atoms with Gasteiger partial charge < -0.3 is 10.1 Å². The number of nitrogens with zero attached hydrogens (tertiary/aromatic N) is 1. The third-order valence-electron chi connectivity index (χ3n) is 3.37. The van der Waals surface area contributed by atoms with Crippen LogP contribution in [0.1, 0.15) is 39.0 Å². The molecule has 3 heteroatoms. The normalized spacial score (nSPS) is 21.8. The van der Waals surface area contributed by atoms with Gasteiger partial charge in [0.1, 0.15) is 0 Å². The van der Waals surface area contributed by atoms with Gasteiger partial charge in [0.05, 0.1) is 6.10 Å². The maximum absolute atomic E-state index is 5.35. The lowest BCUT2D eigenvalue weighted by Gasteiger charge is -2.15. The number of hydrogen-bond acceptors (Lipinski definition) is 3. The molecule has 1 rings (SSSR count). The number of hydrogen-bond donors (Lipinski definition) is 1. The van der Waals surface area contributed by atoms with Gasteiger partial charge in [-0.25, -0.2) is 0 Å². The fourth-order valence-corrected chi connectivity index (χ4v) is 2.23. The third-order valence-corrected chi connectivity index (χ3v) is 3.37. The molecule has 0 aliphatic carbocycles. The lowest BCUT2D eigenvalue weighted by molar-refractivity contribution is 0.108. The fraction of sp³-hybridized carbons (Fsp3) is 1.00. The van der Waals surface area contributed by atoms with Gasteiger partial charge in [0.25, 0.3) is 0 Å².